The summed E-state index contributed by atoms with van der Waals surface area (Å²) in [5, 5.41) is 0. The number of nitrogens with zero attached hydrogens (tertiary/aromatic N) is 1. The highest BCUT2D eigenvalue weighted by Gasteiger charge is 2.21. The highest BCUT2D eigenvalue weighted by Crippen LogP contribution is 2.40. The van der Waals surface area contributed by atoms with Crippen LogP contribution in [0.2, 0.25) is 0 Å². The van der Waals surface area contributed by atoms with Gasteiger partial charge in [-0.25, -0.2) is 0 Å². The third-order valence-corrected chi connectivity index (χ3v) is 4.61. The second-order valence-electron chi connectivity index (χ2n) is 6.00. The van der Waals surface area contributed by atoms with Crippen molar-refractivity contribution in [3.8, 4) is 17.2 Å². The Morgan fingerprint density at radius 2 is 1.71 bits per heavy atom. The predicted octanol–water partition coefficient (Wildman–Crippen LogP) is 3.52. The van der Waals surface area contributed by atoms with Crippen molar-refractivity contribution < 1.29 is 19.0 Å². The Kier molecular flexibility index (Phi) is 6.53. The van der Waals surface area contributed by atoms with E-state index in [2.05, 4.69) is 0 Å². The quantitative estimate of drug-likeness (QED) is 0.748. The largest absolute Gasteiger partial charge is 0.493 e. The van der Waals surface area contributed by atoms with E-state index in [9.17, 15) is 4.79 Å². The van der Waals surface area contributed by atoms with Crippen molar-refractivity contribution in [1.82, 2.24) is 4.90 Å². The molecular formula is C19H27NO4. The van der Waals surface area contributed by atoms with Gasteiger partial charge in [-0.05, 0) is 31.1 Å². The normalized spacial score (nSPS) is 15.3. The predicted molar refractivity (Wildman–Crippen MR) is 94.8 cm³/mol. The summed E-state index contributed by atoms with van der Waals surface area (Å²) in [5.41, 5.74) is 0.778. The van der Waals surface area contributed by atoms with Crippen LogP contribution in [-0.2, 0) is 4.79 Å². The topological polar surface area (TPSA) is 48.0 Å². The van der Waals surface area contributed by atoms with Crippen molar-refractivity contribution in [3.05, 3.63) is 23.8 Å². The zero-order valence-corrected chi connectivity index (χ0v) is 15.0. The van der Waals surface area contributed by atoms with Crippen molar-refractivity contribution in [1.29, 1.82) is 0 Å². The highest BCUT2D eigenvalue weighted by atomic mass is 16.5. The molecule has 1 aliphatic carbocycles. The van der Waals surface area contributed by atoms with E-state index in [-0.39, 0.29) is 5.91 Å². The highest BCUT2D eigenvalue weighted by molar-refractivity contribution is 5.92. The Bertz CT molecular complexity index is 591. The van der Waals surface area contributed by atoms with E-state index in [1.165, 1.54) is 19.3 Å². The van der Waals surface area contributed by atoms with Crippen LogP contribution in [-0.4, -0.2) is 45.2 Å². The van der Waals surface area contributed by atoms with E-state index in [1.807, 2.05) is 18.0 Å². The van der Waals surface area contributed by atoms with E-state index >= 15 is 0 Å². The summed E-state index contributed by atoms with van der Waals surface area (Å²) in [6.45, 7) is 0. The van der Waals surface area contributed by atoms with Gasteiger partial charge in [0.1, 0.15) is 0 Å². The summed E-state index contributed by atoms with van der Waals surface area (Å²) in [6, 6.07) is 4.00. The van der Waals surface area contributed by atoms with Crippen molar-refractivity contribution in [2.45, 2.75) is 38.1 Å². The van der Waals surface area contributed by atoms with E-state index in [1.54, 1.807) is 39.5 Å². The number of rotatable bonds is 6. The first kappa shape index (κ1) is 18.2. The number of likely N-dealkylation sites (N-methyl/N-ethyl adjacent to an activating group) is 1. The molecule has 132 valence electrons. The molecule has 2 rings (SSSR count). The summed E-state index contributed by atoms with van der Waals surface area (Å²) in [7, 11) is 6.60. The Morgan fingerprint density at radius 1 is 1.04 bits per heavy atom. The lowest BCUT2D eigenvalue weighted by Gasteiger charge is -2.30. The number of benzene rings is 1. The molecule has 0 atom stereocenters. The molecule has 0 radical (unpaired) electrons. The number of methoxy groups -OCH3 is 3. The minimum atomic E-state index is 0.0127. The summed E-state index contributed by atoms with van der Waals surface area (Å²) >= 11 is 0. The summed E-state index contributed by atoms with van der Waals surface area (Å²) in [6.07, 6.45) is 9.23. The van der Waals surface area contributed by atoms with Crippen LogP contribution in [0.1, 0.15) is 37.7 Å². The van der Waals surface area contributed by atoms with Gasteiger partial charge in [0.15, 0.2) is 11.5 Å². The molecule has 1 aromatic rings. The summed E-state index contributed by atoms with van der Waals surface area (Å²) in [4.78, 5) is 14.3. The van der Waals surface area contributed by atoms with Gasteiger partial charge in [-0.1, -0.05) is 19.3 Å². The fourth-order valence-corrected chi connectivity index (χ4v) is 3.18. The molecule has 0 unspecified atom stereocenters. The molecule has 1 fully saturated rings. The van der Waals surface area contributed by atoms with Gasteiger partial charge in [-0.2, -0.15) is 0 Å². The fraction of sp³-hybridized carbons (Fsp3) is 0.526. The van der Waals surface area contributed by atoms with Gasteiger partial charge in [0.05, 0.1) is 21.3 Å². The van der Waals surface area contributed by atoms with E-state index in [0.717, 1.165) is 18.4 Å². The molecule has 1 saturated carbocycles. The van der Waals surface area contributed by atoms with Crippen LogP contribution in [0, 0.1) is 0 Å². The maximum absolute atomic E-state index is 12.4. The van der Waals surface area contributed by atoms with Crippen LogP contribution in [0.4, 0.5) is 0 Å². The molecule has 0 spiro atoms. The van der Waals surface area contributed by atoms with Gasteiger partial charge in [0.25, 0.3) is 0 Å². The monoisotopic (exact) mass is 333 g/mol. The number of hydrogen-bond acceptors (Lipinski definition) is 4. The molecule has 5 heteroatoms. The molecule has 24 heavy (non-hydrogen) atoms. The molecule has 0 N–H and O–H groups in total. The van der Waals surface area contributed by atoms with Crippen LogP contribution in [0.5, 0.6) is 17.2 Å². The molecule has 0 saturated heterocycles. The van der Waals surface area contributed by atoms with E-state index < -0.39 is 0 Å². The number of hydrogen-bond donors (Lipinski definition) is 0. The SMILES string of the molecule is COc1ccc(/C=C/C(=O)N(C)C2CCCCC2)c(OC)c1OC. The lowest BCUT2D eigenvalue weighted by atomic mass is 9.94. The lowest BCUT2D eigenvalue weighted by Crippen LogP contribution is -2.37. The van der Waals surface area contributed by atoms with Crippen LogP contribution in [0.25, 0.3) is 6.08 Å². The molecule has 1 aliphatic rings. The van der Waals surface area contributed by atoms with Crippen LogP contribution in [0.3, 0.4) is 0 Å². The fourth-order valence-electron chi connectivity index (χ4n) is 3.18. The van der Waals surface area contributed by atoms with Gasteiger partial charge in [0, 0.05) is 24.7 Å². The maximum atomic E-state index is 12.4. The van der Waals surface area contributed by atoms with Gasteiger partial charge >= 0.3 is 0 Å². The first-order chi connectivity index (χ1) is 11.6. The molecule has 0 aromatic heterocycles. The first-order valence-electron chi connectivity index (χ1n) is 8.36. The zero-order valence-electron chi connectivity index (χ0n) is 15.0. The number of carbonyl (C=O) groups is 1. The zero-order chi connectivity index (χ0) is 17.5. The van der Waals surface area contributed by atoms with Crippen LogP contribution in [0.15, 0.2) is 18.2 Å². The second kappa shape index (κ2) is 8.62. The van der Waals surface area contributed by atoms with Gasteiger partial charge in [-0.3, -0.25) is 4.79 Å². The van der Waals surface area contributed by atoms with Crippen molar-refractivity contribution in [2.24, 2.45) is 0 Å². The van der Waals surface area contributed by atoms with Crippen LogP contribution < -0.4 is 14.2 Å². The average molecular weight is 333 g/mol. The molecule has 1 aromatic carbocycles. The molecule has 1 amide bonds. The Hall–Kier alpha value is -2.17. The molecule has 0 bridgehead atoms. The van der Waals surface area contributed by atoms with Gasteiger partial charge in [0.2, 0.25) is 11.7 Å². The molecule has 0 aliphatic heterocycles. The third-order valence-electron chi connectivity index (χ3n) is 4.61. The molecular weight excluding hydrogens is 306 g/mol. The van der Waals surface area contributed by atoms with Crippen LogP contribution >= 0.6 is 0 Å². The van der Waals surface area contributed by atoms with E-state index in [4.69, 9.17) is 14.2 Å². The Labute approximate surface area is 144 Å². The minimum Gasteiger partial charge on any atom is -0.493 e. The number of amides is 1. The third kappa shape index (κ3) is 4.02. The molecule has 0 heterocycles. The standard InChI is InChI=1S/C19H27NO4/c1-20(15-8-6-5-7-9-15)17(21)13-11-14-10-12-16(22-2)19(24-4)18(14)23-3/h10-13,15H,5-9H2,1-4H3/b13-11+. The molecule has 5 nitrogen and oxygen atoms in total. The van der Waals surface area contributed by atoms with Crippen molar-refractivity contribution in [2.75, 3.05) is 28.4 Å². The maximum Gasteiger partial charge on any atom is 0.246 e. The van der Waals surface area contributed by atoms with Crippen molar-refractivity contribution >= 4 is 12.0 Å². The van der Waals surface area contributed by atoms with Gasteiger partial charge < -0.3 is 19.1 Å². The second-order valence-corrected chi connectivity index (χ2v) is 6.00. The summed E-state index contributed by atoms with van der Waals surface area (Å²) in [5.74, 6) is 1.69. The Morgan fingerprint density at radius 3 is 2.29 bits per heavy atom. The smallest absolute Gasteiger partial charge is 0.246 e. The minimum absolute atomic E-state index is 0.0127. The van der Waals surface area contributed by atoms with Crippen molar-refractivity contribution in [3.63, 3.8) is 0 Å². The van der Waals surface area contributed by atoms with Gasteiger partial charge in [-0.15, -0.1) is 0 Å². The van der Waals surface area contributed by atoms with E-state index in [0.29, 0.717) is 23.3 Å². The number of ether oxygens (including phenoxy) is 3. The lowest BCUT2D eigenvalue weighted by molar-refractivity contribution is -0.127. The first-order valence-corrected chi connectivity index (χ1v) is 8.36. The Balaban J connectivity index is 2.17. The number of carbonyl (C=O) groups excluding carboxylic acids is 1. The summed E-state index contributed by atoms with van der Waals surface area (Å²) < 4.78 is 16.1. The average Bonchev–Trinajstić information content (AvgIpc) is 2.64.